The summed E-state index contributed by atoms with van der Waals surface area (Å²) < 4.78 is 16.4. The minimum absolute atomic E-state index is 0.104. The van der Waals surface area contributed by atoms with Gasteiger partial charge in [0.1, 0.15) is 6.10 Å². The van der Waals surface area contributed by atoms with Gasteiger partial charge in [-0.2, -0.15) is 0 Å². The van der Waals surface area contributed by atoms with E-state index in [4.69, 9.17) is 25.7 Å². The van der Waals surface area contributed by atoms with Crippen molar-refractivity contribution < 1.29 is 38.5 Å². The van der Waals surface area contributed by atoms with Crippen LogP contribution in [0.15, 0.2) is 58.5 Å². The number of nitrogens with two attached hydrogens (primary N) is 2. The lowest BCUT2D eigenvalue weighted by Gasteiger charge is -2.29. The van der Waals surface area contributed by atoms with Gasteiger partial charge in [0, 0.05) is 37.4 Å². The third-order valence-corrected chi connectivity index (χ3v) is 6.84. The molecule has 11 nitrogen and oxygen atoms in total. The molecule has 39 heavy (non-hydrogen) atoms. The largest absolute Gasteiger partial charge is 0.439 e. The van der Waals surface area contributed by atoms with Crippen LogP contribution in [0, 0.1) is 11.8 Å². The Labute approximate surface area is 228 Å². The van der Waals surface area contributed by atoms with Crippen LogP contribution >= 0.6 is 0 Å². The molecule has 1 aliphatic heterocycles. The number of amides is 2. The summed E-state index contributed by atoms with van der Waals surface area (Å²) in [5.41, 5.74) is 11.9. The molecule has 1 aliphatic carbocycles. The number of nitrogens with one attached hydrogen (secondary N) is 1. The van der Waals surface area contributed by atoms with Gasteiger partial charge in [-0.3, -0.25) is 14.4 Å². The fourth-order valence-electron chi connectivity index (χ4n) is 4.61. The number of hydrogen-bond donors (Lipinski definition) is 4. The number of carbonyl (C=O) groups is 4. The van der Waals surface area contributed by atoms with E-state index in [1.165, 1.54) is 33.3 Å². The van der Waals surface area contributed by atoms with Crippen LogP contribution in [0.1, 0.15) is 40.5 Å². The van der Waals surface area contributed by atoms with Crippen molar-refractivity contribution in [2.24, 2.45) is 23.3 Å². The maximum absolute atomic E-state index is 13.2. The topological polar surface area (TPSA) is 180 Å². The zero-order chi connectivity index (χ0) is 29.4. The third-order valence-electron chi connectivity index (χ3n) is 6.84. The van der Waals surface area contributed by atoms with Crippen molar-refractivity contribution in [2.45, 2.75) is 65.0 Å². The SMILES string of the molecule is CO[C@H]1/C=C/C=C(/C)C(=O)NC2=CC(=O)C(N)=C(C[C@@H](C)C[C@@H](OC)[C@H](O)[C@H](C)/C=C(\C)[C@H]1OC(N)=O)C2=O. The van der Waals surface area contributed by atoms with Crippen LogP contribution in [-0.2, 0) is 28.6 Å². The fourth-order valence-corrected chi connectivity index (χ4v) is 4.61. The Kier molecular flexibility index (Phi) is 11.4. The highest BCUT2D eigenvalue weighted by atomic mass is 16.6. The molecule has 2 bridgehead atoms. The molecule has 0 aromatic rings. The molecule has 0 aromatic heterocycles. The summed E-state index contributed by atoms with van der Waals surface area (Å²) in [5, 5.41) is 13.6. The summed E-state index contributed by atoms with van der Waals surface area (Å²) in [7, 11) is 2.90. The molecule has 0 fully saturated rings. The second kappa shape index (κ2) is 14.0. The van der Waals surface area contributed by atoms with Crippen molar-refractivity contribution in [3.63, 3.8) is 0 Å². The second-order valence-corrected chi connectivity index (χ2v) is 9.97. The maximum Gasteiger partial charge on any atom is 0.405 e. The van der Waals surface area contributed by atoms with Crippen LogP contribution in [0.25, 0.3) is 0 Å². The lowest BCUT2D eigenvalue weighted by molar-refractivity contribution is -0.120. The number of aliphatic hydroxyl groups is 1. The summed E-state index contributed by atoms with van der Waals surface area (Å²) in [5.74, 6) is -2.37. The highest BCUT2D eigenvalue weighted by Gasteiger charge is 2.32. The van der Waals surface area contributed by atoms with Gasteiger partial charge < -0.3 is 36.1 Å². The number of methoxy groups -OCH3 is 2. The van der Waals surface area contributed by atoms with E-state index >= 15 is 0 Å². The molecular formula is C28H39N3O8. The quantitative estimate of drug-likeness (QED) is 0.303. The Morgan fingerprint density at radius 3 is 2.38 bits per heavy atom. The minimum atomic E-state index is -1.00. The van der Waals surface area contributed by atoms with Gasteiger partial charge in [-0.25, -0.2) is 4.79 Å². The van der Waals surface area contributed by atoms with Crippen molar-refractivity contribution >= 4 is 23.6 Å². The number of primary amides is 1. The molecule has 0 saturated heterocycles. The number of fused-ring (bicyclic) bond motifs is 2. The number of Topliss-reactive ketones (excluding diaryl/α,β-unsaturated/α-hetero) is 1. The summed E-state index contributed by atoms with van der Waals surface area (Å²) >= 11 is 0. The first-order valence-corrected chi connectivity index (χ1v) is 12.6. The lowest BCUT2D eigenvalue weighted by atomic mass is 9.85. The van der Waals surface area contributed by atoms with Gasteiger partial charge in [0.2, 0.25) is 11.6 Å². The molecule has 2 aliphatic rings. The van der Waals surface area contributed by atoms with Crippen molar-refractivity contribution in [1.29, 1.82) is 0 Å². The number of allylic oxidation sites excluding steroid dienone is 4. The predicted molar refractivity (Wildman–Crippen MR) is 144 cm³/mol. The molecule has 0 spiro atoms. The Bertz CT molecular complexity index is 1130. The number of ketones is 2. The predicted octanol–water partition coefficient (Wildman–Crippen LogP) is 1.72. The summed E-state index contributed by atoms with van der Waals surface area (Å²) in [4.78, 5) is 50.1. The molecule has 0 unspecified atom stereocenters. The van der Waals surface area contributed by atoms with Gasteiger partial charge in [0.25, 0.3) is 5.91 Å². The molecule has 1 heterocycles. The van der Waals surface area contributed by atoms with E-state index in [-0.39, 0.29) is 34.9 Å². The van der Waals surface area contributed by atoms with Crippen LogP contribution in [0.4, 0.5) is 4.79 Å². The van der Waals surface area contributed by atoms with Crippen LogP contribution in [0.3, 0.4) is 0 Å². The molecule has 2 amide bonds. The first-order valence-electron chi connectivity index (χ1n) is 12.6. The van der Waals surface area contributed by atoms with E-state index in [0.717, 1.165) is 6.08 Å². The van der Waals surface area contributed by atoms with E-state index in [0.29, 0.717) is 12.0 Å². The number of carbonyl (C=O) groups excluding carboxylic acids is 4. The second-order valence-electron chi connectivity index (χ2n) is 9.97. The molecule has 214 valence electrons. The van der Waals surface area contributed by atoms with Crippen molar-refractivity contribution in [3.8, 4) is 0 Å². The molecular weight excluding hydrogens is 506 g/mol. The van der Waals surface area contributed by atoms with Gasteiger partial charge in [0.05, 0.1) is 23.6 Å². The summed E-state index contributed by atoms with van der Waals surface area (Å²) in [6.45, 7) is 6.89. The zero-order valence-corrected chi connectivity index (χ0v) is 23.2. The van der Waals surface area contributed by atoms with E-state index in [1.54, 1.807) is 26.0 Å². The van der Waals surface area contributed by atoms with E-state index < -0.39 is 53.9 Å². The molecule has 11 heteroatoms. The highest BCUT2D eigenvalue weighted by molar-refractivity contribution is 6.23. The minimum Gasteiger partial charge on any atom is -0.439 e. The van der Waals surface area contributed by atoms with Gasteiger partial charge in [-0.1, -0.05) is 38.2 Å². The number of aliphatic hydroxyl groups excluding tert-OH is 1. The fraction of sp³-hybridized carbons (Fsp3) is 0.500. The van der Waals surface area contributed by atoms with Crippen molar-refractivity contribution in [1.82, 2.24) is 5.32 Å². The van der Waals surface area contributed by atoms with Crippen LogP contribution in [0.5, 0.6) is 0 Å². The number of hydrogen-bond acceptors (Lipinski definition) is 9. The first kappa shape index (κ1) is 31.7. The first-order chi connectivity index (χ1) is 18.3. The Morgan fingerprint density at radius 1 is 1.13 bits per heavy atom. The van der Waals surface area contributed by atoms with Gasteiger partial charge in [-0.15, -0.1) is 0 Å². The summed E-state index contributed by atoms with van der Waals surface area (Å²) in [6.07, 6.45) is 3.55. The standard InChI is InChI=1S/C28H39N3O8/c1-14-10-18-23(29)20(32)13-19(25(18)34)31-27(35)15(2)8-7-9-21(37-5)26(39-28(30)36)17(4)12-16(3)24(33)22(11-14)38-6/h7-9,12-14,16,21-22,24,26,33H,10-11,29H2,1-6H3,(H2,30,36)(H,31,35)/b9-7+,15-8-,17-12+/t14-,16-,21+,22-,24-,26-/m1/s1. The average Bonchev–Trinajstić information content (AvgIpc) is 2.88. The molecule has 6 N–H and O–H groups in total. The van der Waals surface area contributed by atoms with E-state index in [9.17, 15) is 24.3 Å². The van der Waals surface area contributed by atoms with Crippen molar-refractivity contribution in [2.75, 3.05) is 14.2 Å². The van der Waals surface area contributed by atoms with Gasteiger partial charge in [0.15, 0.2) is 6.10 Å². The highest BCUT2D eigenvalue weighted by Crippen LogP contribution is 2.28. The van der Waals surface area contributed by atoms with E-state index in [2.05, 4.69) is 5.32 Å². The average molecular weight is 546 g/mol. The van der Waals surface area contributed by atoms with Crippen molar-refractivity contribution in [3.05, 3.63) is 58.5 Å². The summed E-state index contributed by atoms with van der Waals surface area (Å²) in [6, 6.07) is 0. The number of ether oxygens (including phenoxy) is 3. The monoisotopic (exact) mass is 545 g/mol. The molecule has 0 saturated carbocycles. The van der Waals surface area contributed by atoms with Crippen LogP contribution in [-0.4, -0.2) is 67.3 Å². The Hall–Kier alpha value is -3.54. The van der Waals surface area contributed by atoms with Crippen LogP contribution < -0.4 is 16.8 Å². The molecule has 6 atom stereocenters. The zero-order valence-electron chi connectivity index (χ0n) is 23.2. The smallest absolute Gasteiger partial charge is 0.405 e. The Balaban J connectivity index is 2.58. The lowest BCUT2D eigenvalue weighted by Crippen LogP contribution is -2.37. The normalized spacial score (nSPS) is 33.3. The molecule has 2 rings (SSSR count). The van der Waals surface area contributed by atoms with Gasteiger partial charge in [-0.05, 0) is 38.2 Å². The maximum atomic E-state index is 13.2. The van der Waals surface area contributed by atoms with E-state index in [1.807, 2.05) is 6.92 Å². The molecule has 0 aromatic carbocycles. The van der Waals surface area contributed by atoms with Gasteiger partial charge >= 0.3 is 6.09 Å². The third kappa shape index (κ3) is 8.22. The molecule has 0 radical (unpaired) electrons. The number of rotatable bonds is 3. The Morgan fingerprint density at radius 2 is 1.79 bits per heavy atom. The van der Waals surface area contributed by atoms with Crippen LogP contribution in [0.2, 0.25) is 0 Å².